The van der Waals surface area contributed by atoms with Crippen molar-refractivity contribution in [2.75, 3.05) is 23.3 Å². The zero-order chi connectivity index (χ0) is 21.0. The fourth-order valence-electron chi connectivity index (χ4n) is 4.29. The van der Waals surface area contributed by atoms with Crippen LogP contribution >= 0.6 is 0 Å². The number of aromatic amines is 1. The van der Waals surface area contributed by atoms with E-state index in [1.165, 1.54) is 12.1 Å². The third-order valence-electron chi connectivity index (χ3n) is 5.41. The first kappa shape index (κ1) is 18.8. The molecule has 4 aromatic rings. The molecule has 30 heavy (non-hydrogen) atoms. The molecule has 3 N–H and O–H groups in total. The molecular weight excluding hydrogens is 388 g/mol. The molecule has 3 aromatic heterocycles. The van der Waals surface area contributed by atoms with Crippen LogP contribution in [-0.4, -0.2) is 44.8 Å². The van der Waals surface area contributed by atoms with E-state index < -0.39 is 5.82 Å². The first-order valence-electron chi connectivity index (χ1n) is 9.98. The fourth-order valence-corrected chi connectivity index (χ4v) is 4.29. The summed E-state index contributed by atoms with van der Waals surface area (Å²) in [6.07, 6.45) is 3.43. The highest BCUT2D eigenvalue weighted by Crippen LogP contribution is 2.31. The second-order valence-corrected chi connectivity index (χ2v) is 8.11. The predicted molar refractivity (Wildman–Crippen MR) is 113 cm³/mol. The summed E-state index contributed by atoms with van der Waals surface area (Å²) in [5.41, 5.74) is 2.83. The van der Waals surface area contributed by atoms with Crippen molar-refractivity contribution in [2.45, 2.75) is 32.9 Å². The highest BCUT2D eigenvalue weighted by atomic mass is 19.1. The van der Waals surface area contributed by atoms with Crippen LogP contribution in [0.5, 0.6) is 0 Å². The molecule has 0 aliphatic carbocycles. The second-order valence-electron chi connectivity index (χ2n) is 8.11. The molecule has 1 aliphatic heterocycles. The van der Waals surface area contributed by atoms with E-state index in [1.807, 2.05) is 6.07 Å². The minimum absolute atomic E-state index is 0.250. The maximum absolute atomic E-state index is 15.1. The van der Waals surface area contributed by atoms with E-state index >= 15 is 4.39 Å². The first-order chi connectivity index (χ1) is 14.4. The maximum atomic E-state index is 15.1. The van der Waals surface area contributed by atoms with Crippen molar-refractivity contribution in [3.05, 3.63) is 47.9 Å². The average molecular weight is 411 g/mol. The standard InChI is InChI=1S/C21H23F2N7/c1-11-7-29(8-12(2)24-11)15-5-16(22)19-18(6-15)27-28-20(19)26-14-4-17(23)21-25-13(3)9-30(21)10-14/h4-6,9-12,24H,7-8H2,1-3H3,(H2,26,27,28)/t11-,12+. The summed E-state index contributed by atoms with van der Waals surface area (Å²) in [5.74, 6) is -0.526. The Hall–Kier alpha value is -3.20. The number of hydrogen-bond donors (Lipinski definition) is 3. The number of pyridine rings is 1. The highest BCUT2D eigenvalue weighted by molar-refractivity contribution is 5.94. The van der Waals surface area contributed by atoms with Crippen LogP contribution in [-0.2, 0) is 0 Å². The molecule has 0 saturated carbocycles. The van der Waals surface area contributed by atoms with Crippen molar-refractivity contribution in [1.29, 1.82) is 0 Å². The van der Waals surface area contributed by atoms with Gasteiger partial charge in [0, 0.05) is 49.3 Å². The van der Waals surface area contributed by atoms with E-state index in [0.29, 0.717) is 40.2 Å². The number of hydrogen-bond acceptors (Lipinski definition) is 5. The Bertz CT molecular complexity index is 1240. The molecule has 0 bridgehead atoms. The van der Waals surface area contributed by atoms with E-state index in [-0.39, 0.29) is 11.5 Å². The summed E-state index contributed by atoms with van der Waals surface area (Å²) in [6.45, 7) is 7.64. The molecule has 1 aliphatic rings. The number of nitrogens with one attached hydrogen (secondary N) is 3. The van der Waals surface area contributed by atoms with Gasteiger partial charge < -0.3 is 19.9 Å². The van der Waals surface area contributed by atoms with Gasteiger partial charge in [0.25, 0.3) is 0 Å². The molecule has 156 valence electrons. The van der Waals surface area contributed by atoms with Gasteiger partial charge in [0.2, 0.25) is 0 Å². The van der Waals surface area contributed by atoms with Crippen molar-refractivity contribution in [3.8, 4) is 0 Å². The lowest BCUT2D eigenvalue weighted by Gasteiger charge is -2.37. The summed E-state index contributed by atoms with van der Waals surface area (Å²) >= 11 is 0. The number of rotatable bonds is 3. The number of aryl methyl sites for hydroxylation is 1. The monoisotopic (exact) mass is 411 g/mol. The Morgan fingerprint density at radius 3 is 2.60 bits per heavy atom. The molecule has 1 saturated heterocycles. The lowest BCUT2D eigenvalue weighted by atomic mass is 10.1. The van der Waals surface area contributed by atoms with Gasteiger partial charge >= 0.3 is 0 Å². The van der Waals surface area contributed by atoms with E-state index in [1.54, 1.807) is 23.7 Å². The van der Waals surface area contributed by atoms with Crippen LogP contribution in [0.15, 0.2) is 30.6 Å². The Morgan fingerprint density at radius 2 is 1.83 bits per heavy atom. The van der Waals surface area contributed by atoms with Crippen LogP contribution in [0.3, 0.4) is 0 Å². The fraction of sp³-hybridized carbons (Fsp3) is 0.333. The first-order valence-corrected chi connectivity index (χ1v) is 9.98. The van der Waals surface area contributed by atoms with Crippen LogP contribution < -0.4 is 15.5 Å². The Kier molecular flexibility index (Phi) is 4.35. The predicted octanol–water partition coefficient (Wildman–Crippen LogP) is 3.73. The van der Waals surface area contributed by atoms with Crippen LogP contribution in [0, 0.1) is 18.6 Å². The number of halogens is 2. The normalized spacial score (nSPS) is 19.7. The van der Waals surface area contributed by atoms with Crippen LogP contribution in [0.2, 0.25) is 0 Å². The number of anilines is 3. The van der Waals surface area contributed by atoms with Gasteiger partial charge in [0.05, 0.1) is 22.3 Å². The summed E-state index contributed by atoms with van der Waals surface area (Å²) < 4.78 is 31.1. The zero-order valence-electron chi connectivity index (χ0n) is 17.0. The summed E-state index contributed by atoms with van der Waals surface area (Å²) in [7, 11) is 0. The third kappa shape index (κ3) is 3.24. The molecule has 0 amide bonds. The van der Waals surface area contributed by atoms with Gasteiger partial charge in [-0.05, 0) is 32.9 Å². The van der Waals surface area contributed by atoms with Crippen molar-refractivity contribution in [3.63, 3.8) is 0 Å². The van der Waals surface area contributed by atoms with Crippen molar-refractivity contribution in [2.24, 2.45) is 0 Å². The minimum atomic E-state index is -0.461. The van der Waals surface area contributed by atoms with E-state index in [9.17, 15) is 4.39 Å². The van der Waals surface area contributed by atoms with E-state index in [2.05, 4.69) is 44.6 Å². The number of aromatic nitrogens is 4. The summed E-state index contributed by atoms with van der Waals surface area (Å²) in [6, 6.07) is 5.42. The molecule has 2 atom stereocenters. The molecule has 1 aromatic carbocycles. The smallest absolute Gasteiger partial charge is 0.173 e. The van der Waals surface area contributed by atoms with Crippen LogP contribution in [0.1, 0.15) is 19.5 Å². The Morgan fingerprint density at radius 1 is 1.07 bits per heavy atom. The zero-order valence-corrected chi connectivity index (χ0v) is 17.0. The number of imidazole rings is 1. The Labute approximate surface area is 172 Å². The van der Waals surface area contributed by atoms with Crippen molar-refractivity contribution in [1.82, 2.24) is 24.9 Å². The number of fused-ring (bicyclic) bond motifs is 2. The molecule has 0 spiro atoms. The topological polar surface area (TPSA) is 73.3 Å². The third-order valence-corrected chi connectivity index (χ3v) is 5.41. The van der Waals surface area contributed by atoms with Crippen LogP contribution in [0.4, 0.5) is 26.0 Å². The van der Waals surface area contributed by atoms with Crippen LogP contribution in [0.25, 0.3) is 16.6 Å². The number of nitrogens with zero attached hydrogens (tertiary/aromatic N) is 4. The van der Waals surface area contributed by atoms with E-state index in [0.717, 1.165) is 18.8 Å². The number of piperazine rings is 1. The lowest BCUT2D eigenvalue weighted by molar-refractivity contribution is 0.407. The molecule has 0 unspecified atom stereocenters. The average Bonchev–Trinajstić information content (AvgIpc) is 3.24. The van der Waals surface area contributed by atoms with Crippen molar-refractivity contribution < 1.29 is 8.78 Å². The van der Waals surface area contributed by atoms with Gasteiger partial charge in [-0.15, -0.1) is 0 Å². The Balaban J connectivity index is 1.49. The van der Waals surface area contributed by atoms with Gasteiger partial charge in [-0.1, -0.05) is 0 Å². The molecule has 9 heteroatoms. The molecule has 5 rings (SSSR count). The molecular formula is C21H23F2N7. The quantitative estimate of drug-likeness (QED) is 0.479. The highest BCUT2D eigenvalue weighted by Gasteiger charge is 2.23. The molecule has 1 fully saturated rings. The minimum Gasteiger partial charge on any atom is -0.368 e. The van der Waals surface area contributed by atoms with E-state index in [4.69, 9.17) is 0 Å². The molecule has 4 heterocycles. The van der Waals surface area contributed by atoms with Gasteiger partial charge in [-0.2, -0.15) is 5.10 Å². The van der Waals surface area contributed by atoms with Crippen molar-refractivity contribution >= 4 is 33.7 Å². The second kappa shape index (κ2) is 6.94. The number of benzene rings is 1. The lowest BCUT2D eigenvalue weighted by Crippen LogP contribution is -2.54. The van der Waals surface area contributed by atoms with Gasteiger partial charge in [0.15, 0.2) is 17.3 Å². The SMILES string of the molecule is Cc1cn2cc(Nc3n[nH]c4cc(N5C[C@@H](C)N[C@@H](C)C5)cc(F)c34)cc(F)c2n1. The summed E-state index contributed by atoms with van der Waals surface area (Å²) in [5, 5.41) is 14.0. The van der Waals surface area contributed by atoms with Gasteiger partial charge in [-0.25, -0.2) is 13.8 Å². The van der Waals surface area contributed by atoms with Gasteiger partial charge in [-0.3, -0.25) is 5.10 Å². The molecule has 0 radical (unpaired) electrons. The molecule has 7 nitrogen and oxygen atoms in total. The maximum Gasteiger partial charge on any atom is 0.173 e. The summed E-state index contributed by atoms with van der Waals surface area (Å²) in [4.78, 5) is 6.32. The number of H-pyrrole nitrogens is 1. The van der Waals surface area contributed by atoms with Gasteiger partial charge in [0.1, 0.15) is 5.82 Å². The largest absolute Gasteiger partial charge is 0.368 e.